The Kier molecular flexibility index (Phi) is 4.23. The van der Waals surface area contributed by atoms with Crippen LogP contribution in [0.15, 0.2) is 23.8 Å². The molecule has 29 heavy (non-hydrogen) atoms. The van der Waals surface area contributed by atoms with Crippen LogP contribution in [0.25, 0.3) is 0 Å². The molecule has 2 saturated heterocycles. The normalized spacial score (nSPS) is 30.1. The van der Waals surface area contributed by atoms with Gasteiger partial charge in [0.25, 0.3) is 5.91 Å². The van der Waals surface area contributed by atoms with Gasteiger partial charge in [0.2, 0.25) is 0 Å². The van der Waals surface area contributed by atoms with Crippen LogP contribution in [0.5, 0.6) is 5.75 Å². The molecule has 6 rings (SSSR count). The fraction of sp³-hybridized carbons (Fsp3) is 0.565. The Morgan fingerprint density at radius 3 is 2.69 bits per heavy atom. The van der Waals surface area contributed by atoms with Crippen LogP contribution in [0.1, 0.15) is 67.3 Å². The fourth-order valence-corrected chi connectivity index (χ4v) is 5.23. The number of hydrogen-bond acceptors (Lipinski definition) is 3. The van der Waals surface area contributed by atoms with E-state index in [1.165, 1.54) is 16.5 Å². The van der Waals surface area contributed by atoms with Crippen molar-refractivity contribution in [1.29, 1.82) is 0 Å². The molecule has 1 atom stereocenters. The Hall–Kier alpha value is -2.37. The first-order chi connectivity index (χ1) is 13.9. The summed E-state index contributed by atoms with van der Waals surface area (Å²) in [5, 5.41) is 9.62. The predicted octanol–water partition coefficient (Wildman–Crippen LogP) is 4.13. The van der Waals surface area contributed by atoms with Crippen molar-refractivity contribution in [3.05, 3.63) is 40.7 Å². The van der Waals surface area contributed by atoms with Crippen LogP contribution in [-0.2, 0) is 4.79 Å². The number of ether oxygens (including phenoxy) is 1. The van der Waals surface area contributed by atoms with E-state index in [2.05, 4.69) is 13.0 Å². The Morgan fingerprint density at radius 1 is 1.31 bits per heavy atom. The van der Waals surface area contributed by atoms with Gasteiger partial charge in [-0.25, -0.2) is 9.18 Å². The van der Waals surface area contributed by atoms with Crippen molar-refractivity contribution in [3.8, 4) is 5.75 Å². The predicted molar refractivity (Wildman–Crippen MR) is 104 cm³/mol. The molecule has 0 aromatic heterocycles. The molecule has 5 nitrogen and oxygen atoms in total. The van der Waals surface area contributed by atoms with E-state index in [9.17, 15) is 19.1 Å². The maximum absolute atomic E-state index is 15.0. The average Bonchev–Trinajstić information content (AvgIpc) is 3.13. The molecule has 0 radical (unpaired) electrons. The Bertz CT molecular complexity index is 914. The summed E-state index contributed by atoms with van der Waals surface area (Å²) in [6.45, 7) is 3.05. The second-order valence-electron chi connectivity index (χ2n) is 9.37. The summed E-state index contributed by atoms with van der Waals surface area (Å²) in [6.07, 6.45) is 7.20. The van der Waals surface area contributed by atoms with Crippen molar-refractivity contribution >= 4 is 11.9 Å². The number of carbonyl (C=O) groups excluding carboxylic acids is 1. The van der Waals surface area contributed by atoms with Crippen molar-refractivity contribution in [2.45, 2.75) is 56.9 Å². The summed E-state index contributed by atoms with van der Waals surface area (Å²) in [7, 11) is 0. The first kappa shape index (κ1) is 18.6. The lowest BCUT2D eigenvalue weighted by Gasteiger charge is -2.37. The van der Waals surface area contributed by atoms with E-state index < -0.39 is 23.2 Å². The van der Waals surface area contributed by atoms with Crippen LogP contribution in [0.3, 0.4) is 0 Å². The monoisotopic (exact) mass is 399 g/mol. The van der Waals surface area contributed by atoms with Crippen LogP contribution in [0.2, 0.25) is 0 Å². The number of carbonyl (C=O) groups is 2. The third-order valence-corrected chi connectivity index (χ3v) is 7.03. The van der Waals surface area contributed by atoms with Crippen LogP contribution in [0, 0.1) is 17.7 Å². The quantitative estimate of drug-likeness (QED) is 0.731. The number of nitrogens with zero attached hydrogens (tertiary/aromatic N) is 1. The van der Waals surface area contributed by atoms with Gasteiger partial charge in [0.05, 0.1) is 5.56 Å². The van der Waals surface area contributed by atoms with E-state index in [1.807, 2.05) is 0 Å². The highest BCUT2D eigenvalue weighted by molar-refractivity contribution is 5.99. The van der Waals surface area contributed by atoms with Crippen molar-refractivity contribution in [2.75, 3.05) is 13.2 Å². The number of hydrogen-bond donors (Lipinski definition) is 1. The molecule has 1 N–H and O–H groups in total. The Balaban J connectivity index is 1.40. The van der Waals surface area contributed by atoms with Crippen LogP contribution in [0.4, 0.5) is 4.39 Å². The number of halogens is 1. The van der Waals surface area contributed by atoms with Gasteiger partial charge in [0.1, 0.15) is 23.7 Å². The minimum absolute atomic E-state index is 0.0267. The molecule has 0 spiro atoms. The summed E-state index contributed by atoms with van der Waals surface area (Å²) < 4.78 is 20.9. The van der Waals surface area contributed by atoms with Gasteiger partial charge in [-0.15, -0.1) is 0 Å². The van der Waals surface area contributed by atoms with Gasteiger partial charge < -0.3 is 14.7 Å². The molecule has 2 heterocycles. The summed E-state index contributed by atoms with van der Waals surface area (Å²) in [4.78, 5) is 26.2. The molecule has 6 heteroatoms. The van der Waals surface area contributed by atoms with Crippen molar-refractivity contribution < 1.29 is 23.8 Å². The average molecular weight is 399 g/mol. The summed E-state index contributed by atoms with van der Waals surface area (Å²) in [5.74, 6) is -0.484. The summed E-state index contributed by atoms with van der Waals surface area (Å²) >= 11 is 0. The molecular formula is C23H26FNO4. The standard InChI is InChI=1S/C23H26FNO4/c1-13-2-3-14(6-13)12-29-20-8-19(24)18(7-17(20)16-4-5-16)21(26)25-11-15-9-23(25,10-15)22(27)28/h3,7-8,13,15-16H,2,4-6,9-12H2,1H3,(H,27,28). The van der Waals surface area contributed by atoms with Gasteiger partial charge in [-0.1, -0.05) is 13.0 Å². The minimum atomic E-state index is -1.14. The lowest BCUT2D eigenvalue weighted by Crippen LogP contribution is -2.54. The number of carboxylic acid groups (broad SMARTS) is 1. The molecule has 2 aliphatic heterocycles. The molecule has 2 bridgehead atoms. The van der Waals surface area contributed by atoms with Crippen LogP contribution < -0.4 is 4.74 Å². The molecule has 1 aromatic carbocycles. The largest absolute Gasteiger partial charge is 0.489 e. The van der Waals surface area contributed by atoms with Gasteiger partial charge in [-0.3, -0.25) is 4.79 Å². The van der Waals surface area contributed by atoms with E-state index in [0.717, 1.165) is 31.2 Å². The summed E-state index contributed by atoms with van der Waals surface area (Å²) in [5.41, 5.74) is 0.938. The van der Waals surface area contributed by atoms with Gasteiger partial charge in [-0.2, -0.15) is 0 Å². The molecule has 5 aliphatic rings. The van der Waals surface area contributed by atoms with Crippen molar-refractivity contribution in [3.63, 3.8) is 0 Å². The van der Waals surface area contributed by atoms with E-state index in [-0.39, 0.29) is 17.4 Å². The molecule has 2 saturated carbocycles. The SMILES string of the molecule is CC1CC=C(COc2cc(F)c(C(=O)N3CC4CC3(C(=O)O)C4)cc2C2CC2)C1. The second kappa shape index (κ2) is 6.57. The highest BCUT2D eigenvalue weighted by Crippen LogP contribution is 2.52. The van der Waals surface area contributed by atoms with E-state index in [0.29, 0.717) is 37.7 Å². The second-order valence-corrected chi connectivity index (χ2v) is 9.37. The number of rotatable bonds is 6. The van der Waals surface area contributed by atoms with E-state index >= 15 is 0 Å². The lowest BCUT2D eigenvalue weighted by molar-refractivity contribution is -0.151. The summed E-state index contributed by atoms with van der Waals surface area (Å²) in [6, 6.07) is 2.94. The maximum atomic E-state index is 15.0. The number of aliphatic carboxylic acids is 1. The first-order valence-corrected chi connectivity index (χ1v) is 10.6. The Morgan fingerprint density at radius 2 is 2.07 bits per heavy atom. The highest BCUT2D eigenvalue weighted by atomic mass is 19.1. The van der Waals surface area contributed by atoms with Gasteiger partial charge >= 0.3 is 5.97 Å². The maximum Gasteiger partial charge on any atom is 0.329 e. The molecule has 1 aromatic rings. The first-order valence-electron chi connectivity index (χ1n) is 10.6. The van der Waals surface area contributed by atoms with Crippen LogP contribution >= 0.6 is 0 Å². The van der Waals surface area contributed by atoms with Gasteiger partial charge in [0, 0.05) is 12.6 Å². The lowest BCUT2D eigenvalue weighted by atomic mass is 9.73. The third kappa shape index (κ3) is 3.04. The fourth-order valence-electron chi connectivity index (χ4n) is 5.23. The smallest absolute Gasteiger partial charge is 0.329 e. The number of fused-ring (bicyclic) bond motifs is 1. The van der Waals surface area contributed by atoms with Crippen molar-refractivity contribution in [1.82, 2.24) is 4.90 Å². The molecule has 4 fully saturated rings. The molecule has 3 aliphatic carbocycles. The topological polar surface area (TPSA) is 66.8 Å². The number of benzene rings is 1. The zero-order chi connectivity index (χ0) is 20.3. The van der Waals surface area contributed by atoms with Crippen LogP contribution in [-0.4, -0.2) is 40.6 Å². The van der Waals surface area contributed by atoms with Gasteiger partial charge in [0.15, 0.2) is 0 Å². The third-order valence-electron chi connectivity index (χ3n) is 7.03. The molecule has 1 unspecified atom stereocenters. The number of allylic oxidation sites excluding steroid dienone is 1. The highest BCUT2D eigenvalue weighted by Gasteiger charge is 2.63. The number of amides is 1. The van der Waals surface area contributed by atoms with Crippen molar-refractivity contribution in [2.24, 2.45) is 11.8 Å². The van der Waals surface area contributed by atoms with E-state index in [1.54, 1.807) is 6.07 Å². The van der Waals surface area contributed by atoms with Gasteiger partial charge in [-0.05, 0) is 73.5 Å². The molecule has 1 amide bonds. The zero-order valence-electron chi connectivity index (χ0n) is 16.6. The minimum Gasteiger partial charge on any atom is -0.489 e. The van der Waals surface area contributed by atoms with E-state index in [4.69, 9.17) is 4.74 Å². The number of carboxylic acids is 1. The molecule has 154 valence electrons. The Labute approximate surface area is 169 Å². The zero-order valence-corrected chi connectivity index (χ0v) is 16.6. The molecular weight excluding hydrogens is 373 g/mol.